The molecular weight excluding hydrogens is 351 g/mol. The number of hydrogen-bond acceptors (Lipinski definition) is 4. The van der Waals surface area contributed by atoms with Crippen LogP contribution in [-0.2, 0) is 10.0 Å². The van der Waals surface area contributed by atoms with Gasteiger partial charge in [0.1, 0.15) is 5.82 Å². The molecule has 20 heavy (non-hydrogen) atoms. The number of anilines is 1. The Bertz CT molecular complexity index is 609. The minimum Gasteiger partial charge on any atom is -0.396 e. The normalized spacial score (nSPS) is 23.1. The second-order valence-corrected chi connectivity index (χ2v) is 7.50. The van der Waals surface area contributed by atoms with Crippen molar-refractivity contribution in [2.24, 2.45) is 5.92 Å². The van der Waals surface area contributed by atoms with Crippen molar-refractivity contribution in [2.75, 3.05) is 12.3 Å². The van der Waals surface area contributed by atoms with E-state index in [-0.39, 0.29) is 27.5 Å². The second kappa shape index (κ2) is 5.97. The van der Waals surface area contributed by atoms with Crippen LogP contribution in [0.1, 0.15) is 19.3 Å². The molecule has 0 radical (unpaired) electrons. The van der Waals surface area contributed by atoms with Gasteiger partial charge in [-0.15, -0.1) is 0 Å². The lowest BCUT2D eigenvalue weighted by Crippen LogP contribution is -2.32. The van der Waals surface area contributed by atoms with Gasteiger partial charge in [-0.25, -0.2) is 17.5 Å². The summed E-state index contributed by atoms with van der Waals surface area (Å²) in [7, 11) is -3.80. The summed E-state index contributed by atoms with van der Waals surface area (Å²) in [6.07, 6.45) is 1.90. The fraction of sp³-hybridized carbons (Fsp3) is 0.500. The monoisotopic (exact) mass is 366 g/mol. The van der Waals surface area contributed by atoms with Crippen molar-refractivity contribution >= 4 is 31.6 Å². The molecular formula is C12H16BrFN2O3S. The van der Waals surface area contributed by atoms with E-state index in [2.05, 4.69) is 20.7 Å². The Morgan fingerprint density at radius 3 is 2.75 bits per heavy atom. The lowest BCUT2D eigenvalue weighted by atomic mass is 10.1. The summed E-state index contributed by atoms with van der Waals surface area (Å²) in [5.74, 6) is -0.761. The van der Waals surface area contributed by atoms with Crippen LogP contribution >= 0.6 is 15.9 Å². The van der Waals surface area contributed by atoms with Gasteiger partial charge in [-0.1, -0.05) is 6.42 Å². The summed E-state index contributed by atoms with van der Waals surface area (Å²) in [4.78, 5) is -0.108. The van der Waals surface area contributed by atoms with Crippen molar-refractivity contribution < 1.29 is 17.9 Å². The predicted molar refractivity (Wildman–Crippen MR) is 77.0 cm³/mol. The molecule has 0 bridgehead atoms. The highest BCUT2D eigenvalue weighted by molar-refractivity contribution is 9.10. The topological polar surface area (TPSA) is 92.4 Å². The van der Waals surface area contributed by atoms with Crippen LogP contribution in [0.2, 0.25) is 0 Å². The molecule has 1 saturated carbocycles. The van der Waals surface area contributed by atoms with Crippen molar-refractivity contribution in [3.8, 4) is 0 Å². The minimum absolute atomic E-state index is 0.0821. The van der Waals surface area contributed by atoms with Gasteiger partial charge in [-0.05, 0) is 46.8 Å². The summed E-state index contributed by atoms with van der Waals surface area (Å²) in [5, 5.41) is 9.68. The number of hydrogen-bond donors (Lipinski definition) is 3. The summed E-state index contributed by atoms with van der Waals surface area (Å²) < 4.78 is 40.1. The Kier molecular flexibility index (Phi) is 4.68. The Morgan fingerprint density at radius 1 is 1.45 bits per heavy atom. The van der Waals surface area contributed by atoms with Gasteiger partial charge in [0.25, 0.3) is 0 Å². The fourth-order valence-corrected chi connectivity index (χ4v) is 4.44. The number of nitrogen functional groups attached to an aromatic ring is 1. The van der Waals surface area contributed by atoms with Crippen molar-refractivity contribution in [3.63, 3.8) is 0 Å². The quantitative estimate of drug-likeness (QED) is 0.705. The summed E-state index contributed by atoms with van der Waals surface area (Å²) in [6.45, 7) is 0.160. The molecule has 1 aliphatic rings. The first-order valence-corrected chi connectivity index (χ1v) is 8.51. The maximum atomic E-state index is 13.2. The largest absolute Gasteiger partial charge is 0.396 e. The molecule has 2 unspecified atom stereocenters. The maximum Gasteiger partial charge on any atom is 0.241 e. The molecule has 8 heteroatoms. The van der Waals surface area contributed by atoms with E-state index in [4.69, 9.17) is 5.73 Å². The molecule has 1 aromatic carbocycles. The molecule has 1 aromatic rings. The number of halogens is 2. The molecule has 0 aromatic heterocycles. The zero-order chi connectivity index (χ0) is 14.9. The van der Waals surface area contributed by atoms with Crippen molar-refractivity contribution in [1.29, 1.82) is 0 Å². The number of nitrogens with two attached hydrogens (primary N) is 1. The standard InChI is InChI=1S/C12H16BrFN2O3S/c13-8-4-9(14)10(15)5-12(8)20(18,19)16-6-7-2-1-3-11(7)17/h4-5,7,11,16-17H,1-3,6,15H2. The predicted octanol–water partition coefficient (Wildman–Crippen LogP) is 1.61. The van der Waals surface area contributed by atoms with Gasteiger partial charge in [0.2, 0.25) is 10.0 Å². The summed E-state index contributed by atoms with van der Waals surface area (Å²) in [6, 6.07) is 2.10. The molecule has 0 aliphatic heterocycles. The lowest BCUT2D eigenvalue weighted by Gasteiger charge is -2.16. The zero-order valence-electron chi connectivity index (χ0n) is 10.6. The van der Waals surface area contributed by atoms with Crippen LogP contribution in [-0.4, -0.2) is 26.2 Å². The number of benzene rings is 1. The molecule has 0 spiro atoms. The van der Waals surface area contributed by atoms with Gasteiger partial charge in [0.15, 0.2) is 0 Å². The number of rotatable bonds is 4. The SMILES string of the molecule is Nc1cc(S(=O)(=O)NCC2CCCC2O)c(Br)cc1F. The lowest BCUT2D eigenvalue weighted by molar-refractivity contribution is 0.134. The van der Waals surface area contributed by atoms with Crippen LogP contribution in [0.15, 0.2) is 21.5 Å². The Labute approximate surface area is 125 Å². The van der Waals surface area contributed by atoms with Crippen molar-refractivity contribution in [3.05, 3.63) is 22.4 Å². The van der Waals surface area contributed by atoms with E-state index < -0.39 is 21.9 Å². The van der Waals surface area contributed by atoms with E-state index in [1.165, 1.54) is 0 Å². The van der Waals surface area contributed by atoms with Gasteiger partial charge < -0.3 is 10.8 Å². The highest BCUT2D eigenvalue weighted by Gasteiger charge is 2.27. The Balaban J connectivity index is 2.16. The average Bonchev–Trinajstić information content (AvgIpc) is 2.77. The van der Waals surface area contributed by atoms with E-state index in [1.807, 2.05) is 0 Å². The molecule has 0 heterocycles. The first-order valence-electron chi connectivity index (χ1n) is 6.23. The maximum absolute atomic E-state index is 13.2. The van der Waals surface area contributed by atoms with Crippen molar-refractivity contribution in [1.82, 2.24) is 4.72 Å². The molecule has 112 valence electrons. The van der Waals surface area contributed by atoms with Gasteiger partial charge in [-0.3, -0.25) is 0 Å². The number of aliphatic hydroxyl groups excluding tert-OH is 1. The van der Waals surface area contributed by atoms with Crippen LogP contribution in [0.4, 0.5) is 10.1 Å². The molecule has 0 saturated heterocycles. The molecule has 0 amide bonds. The third-order valence-electron chi connectivity index (χ3n) is 3.50. The van der Waals surface area contributed by atoms with Crippen LogP contribution in [0.3, 0.4) is 0 Å². The van der Waals surface area contributed by atoms with Crippen LogP contribution in [0, 0.1) is 11.7 Å². The van der Waals surface area contributed by atoms with E-state index in [9.17, 15) is 17.9 Å². The van der Waals surface area contributed by atoms with E-state index in [0.717, 1.165) is 25.0 Å². The number of nitrogens with one attached hydrogen (secondary N) is 1. The van der Waals surface area contributed by atoms with E-state index in [0.29, 0.717) is 6.42 Å². The summed E-state index contributed by atoms with van der Waals surface area (Å²) in [5.41, 5.74) is 5.17. The smallest absolute Gasteiger partial charge is 0.241 e. The van der Waals surface area contributed by atoms with Gasteiger partial charge in [0.05, 0.1) is 16.7 Å². The third-order valence-corrected chi connectivity index (χ3v) is 5.88. The fourth-order valence-electron chi connectivity index (χ4n) is 2.30. The molecule has 1 aliphatic carbocycles. The Morgan fingerprint density at radius 2 is 2.15 bits per heavy atom. The molecule has 1 fully saturated rings. The minimum atomic E-state index is -3.80. The summed E-state index contributed by atoms with van der Waals surface area (Å²) >= 11 is 3.02. The second-order valence-electron chi connectivity index (χ2n) is 4.91. The van der Waals surface area contributed by atoms with Crippen LogP contribution in [0.25, 0.3) is 0 Å². The molecule has 2 rings (SSSR count). The van der Waals surface area contributed by atoms with Crippen LogP contribution < -0.4 is 10.5 Å². The first kappa shape index (κ1) is 15.7. The van der Waals surface area contributed by atoms with Gasteiger partial charge >= 0.3 is 0 Å². The number of aliphatic hydroxyl groups is 1. The van der Waals surface area contributed by atoms with Crippen LogP contribution in [0.5, 0.6) is 0 Å². The average molecular weight is 367 g/mol. The van der Waals surface area contributed by atoms with Gasteiger partial charge in [0, 0.05) is 11.0 Å². The zero-order valence-corrected chi connectivity index (χ0v) is 13.0. The molecule has 4 N–H and O–H groups in total. The number of sulfonamides is 1. The molecule has 5 nitrogen and oxygen atoms in total. The van der Waals surface area contributed by atoms with Gasteiger partial charge in [-0.2, -0.15) is 0 Å². The molecule has 2 atom stereocenters. The third kappa shape index (κ3) is 3.30. The highest BCUT2D eigenvalue weighted by Crippen LogP contribution is 2.28. The van der Waals surface area contributed by atoms with Crippen molar-refractivity contribution in [2.45, 2.75) is 30.3 Å². The first-order chi connectivity index (χ1) is 9.31. The highest BCUT2D eigenvalue weighted by atomic mass is 79.9. The van der Waals surface area contributed by atoms with E-state index in [1.54, 1.807) is 0 Å². The Hall–Kier alpha value is -0.700. The van der Waals surface area contributed by atoms with E-state index >= 15 is 0 Å².